The van der Waals surface area contributed by atoms with Crippen LogP contribution in [0.2, 0.25) is 0 Å². The van der Waals surface area contributed by atoms with Crippen molar-refractivity contribution in [2.45, 2.75) is 90.6 Å². The Labute approximate surface area is 170 Å². The molecule has 5 rings (SSSR count). The van der Waals surface area contributed by atoms with Crippen LogP contribution in [0.4, 0.5) is 0 Å². The lowest BCUT2D eigenvalue weighted by atomic mass is 9.50. The SMILES string of the molecule is C[C@]12CC/C(=N/O[C@@H]3CCNC3)CC1CCC[C@@H]1[C@@H]2CC[C@]2(C)C(=O)CC[C@@H]12. The van der Waals surface area contributed by atoms with Gasteiger partial charge in [-0.25, -0.2) is 0 Å². The summed E-state index contributed by atoms with van der Waals surface area (Å²) in [6, 6.07) is 0. The highest BCUT2D eigenvalue weighted by atomic mass is 16.6. The van der Waals surface area contributed by atoms with Crippen molar-refractivity contribution in [2.24, 2.45) is 39.7 Å². The molecule has 4 heteroatoms. The highest BCUT2D eigenvalue weighted by Gasteiger charge is 2.58. The van der Waals surface area contributed by atoms with Crippen LogP contribution in [0.15, 0.2) is 5.16 Å². The molecule has 5 aliphatic rings. The highest BCUT2D eigenvalue weighted by Crippen LogP contribution is 2.64. The van der Waals surface area contributed by atoms with Crippen molar-refractivity contribution in [1.82, 2.24) is 5.32 Å². The van der Waals surface area contributed by atoms with Crippen LogP contribution in [0, 0.1) is 34.5 Å². The summed E-state index contributed by atoms with van der Waals surface area (Å²) in [6.45, 7) is 6.90. The molecule has 28 heavy (non-hydrogen) atoms. The minimum atomic E-state index is 0.00179. The van der Waals surface area contributed by atoms with E-state index >= 15 is 0 Å². The van der Waals surface area contributed by atoms with Gasteiger partial charge in [-0.15, -0.1) is 0 Å². The van der Waals surface area contributed by atoms with Crippen molar-refractivity contribution >= 4 is 11.5 Å². The lowest BCUT2D eigenvalue weighted by Crippen LogP contribution is -2.49. The normalized spacial score (nSPS) is 50.0. The van der Waals surface area contributed by atoms with E-state index in [4.69, 9.17) is 4.84 Å². The molecule has 1 heterocycles. The van der Waals surface area contributed by atoms with Gasteiger partial charge in [0.1, 0.15) is 11.9 Å². The van der Waals surface area contributed by atoms with Gasteiger partial charge in [0.15, 0.2) is 0 Å². The average molecular weight is 387 g/mol. The minimum absolute atomic E-state index is 0.00179. The Bertz CT molecular complexity index is 655. The number of carbonyl (C=O) groups excluding carboxylic acids is 1. The number of nitrogens with one attached hydrogen (secondary N) is 1. The lowest BCUT2D eigenvalue weighted by molar-refractivity contribution is -0.132. The molecule has 0 bridgehead atoms. The predicted molar refractivity (Wildman–Crippen MR) is 111 cm³/mol. The lowest BCUT2D eigenvalue weighted by Gasteiger charge is -2.54. The van der Waals surface area contributed by atoms with E-state index in [1.165, 1.54) is 37.8 Å². The first-order chi connectivity index (χ1) is 13.5. The molecule has 0 aromatic carbocycles. The van der Waals surface area contributed by atoms with Crippen molar-refractivity contribution in [3.63, 3.8) is 0 Å². The van der Waals surface area contributed by atoms with Crippen LogP contribution < -0.4 is 5.32 Å². The molecule has 4 saturated carbocycles. The zero-order valence-electron chi connectivity index (χ0n) is 17.8. The maximum absolute atomic E-state index is 12.6. The number of rotatable bonds is 2. The first kappa shape index (κ1) is 19.1. The molecule has 0 aromatic heterocycles. The summed E-state index contributed by atoms with van der Waals surface area (Å²) < 4.78 is 0. The molecular weight excluding hydrogens is 348 g/mol. The molecule has 4 nitrogen and oxygen atoms in total. The van der Waals surface area contributed by atoms with E-state index in [-0.39, 0.29) is 11.5 Å². The number of hydrogen-bond acceptors (Lipinski definition) is 4. The molecule has 4 aliphatic carbocycles. The molecule has 5 fully saturated rings. The molecule has 0 spiro atoms. The van der Waals surface area contributed by atoms with Crippen LogP contribution in [0.25, 0.3) is 0 Å². The van der Waals surface area contributed by atoms with Crippen LogP contribution in [-0.4, -0.2) is 30.7 Å². The Hall–Kier alpha value is -0.900. The number of fused-ring (bicyclic) bond motifs is 5. The standard InChI is InChI=1S/C24H38N2O2/c1-23-11-8-17(26-28-18-10-13-25-15-18)14-16(23)4-3-5-19-20-6-7-22(27)24(20,2)12-9-21(19)23/h16,18-21,25H,3-15H2,1-2H3/b26-17-/t16?,18-,19+,20+,21+,23+,24+/m1/s1. The fourth-order valence-electron chi connectivity index (χ4n) is 7.99. The van der Waals surface area contributed by atoms with Crippen LogP contribution in [0.1, 0.15) is 84.5 Å². The van der Waals surface area contributed by atoms with E-state index < -0.39 is 0 Å². The summed E-state index contributed by atoms with van der Waals surface area (Å²) in [7, 11) is 0. The van der Waals surface area contributed by atoms with E-state index in [0.717, 1.165) is 69.4 Å². The summed E-state index contributed by atoms with van der Waals surface area (Å²) in [5.41, 5.74) is 1.74. The molecule has 1 N–H and O–H groups in total. The summed E-state index contributed by atoms with van der Waals surface area (Å²) in [6.07, 6.45) is 13.3. The Morgan fingerprint density at radius 1 is 1.04 bits per heavy atom. The highest BCUT2D eigenvalue weighted by molar-refractivity contribution is 5.87. The minimum Gasteiger partial charge on any atom is -0.391 e. The van der Waals surface area contributed by atoms with E-state index in [1.54, 1.807) is 0 Å². The topological polar surface area (TPSA) is 50.7 Å². The monoisotopic (exact) mass is 386 g/mol. The first-order valence-electron chi connectivity index (χ1n) is 12.0. The Kier molecular flexibility index (Phi) is 4.84. The van der Waals surface area contributed by atoms with Gasteiger partial charge in [-0.05, 0) is 87.0 Å². The van der Waals surface area contributed by atoms with Crippen molar-refractivity contribution in [1.29, 1.82) is 0 Å². The van der Waals surface area contributed by atoms with Crippen molar-refractivity contribution in [2.75, 3.05) is 13.1 Å². The second kappa shape index (κ2) is 7.11. The molecule has 0 amide bonds. The second-order valence-corrected chi connectivity index (χ2v) is 11.0. The van der Waals surface area contributed by atoms with E-state index in [1.807, 2.05) is 0 Å². The number of hydrogen-bond donors (Lipinski definition) is 1. The molecule has 0 radical (unpaired) electrons. The number of ketones is 1. The summed E-state index contributed by atoms with van der Waals surface area (Å²) in [4.78, 5) is 18.5. The molecule has 0 aromatic rings. The molecule has 156 valence electrons. The van der Waals surface area contributed by atoms with Crippen molar-refractivity contribution in [3.05, 3.63) is 0 Å². The third-order valence-electron chi connectivity index (χ3n) is 9.80. The van der Waals surface area contributed by atoms with Gasteiger partial charge in [0.05, 0.1) is 5.71 Å². The first-order valence-corrected chi connectivity index (χ1v) is 12.0. The quantitative estimate of drug-likeness (QED) is 0.699. The summed E-state index contributed by atoms with van der Waals surface area (Å²) in [5, 5.41) is 7.99. The maximum Gasteiger partial charge on any atom is 0.141 e. The van der Waals surface area contributed by atoms with E-state index in [2.05, 4.69) is 24.3 Å². The van der Waals surface area contributed by atoms with Gasteiger partial charge < -0.3 is 10.2 Å². The van der Waals surface area contributed by atoms with Gasteiger partial charge in [-0.3, -0.25) is 4.79 Å². The second-order valence-electron chi connectivity index (χ2n) is 11.0. The number of oxime groups is 1. The van der Waals surface area contributed by atoms with Gasteiger partial charge in [-0.2, -0.15) is 0 Å². The fraction of sp³-hybridized carbons (Fsp3) is 0.917. The van der Waals surface area contributed by atoms with Gasteiger partial charge in [0.2, 0.25) is 0 Å². The van der Waals surface area contributed by atoms with Gasteiger partial charge in [-0.1, -0.05) is 25.4 Å². The van der Waals surface area contributed by atoms with Gasteiger partial charge in [0.25, 0.3) is 0 Å². The Balaban J connectivity index is 1.33. The third kappa shape index (κ3) is 2.97. The van der Waals surface area contributed by atoms with E-state index in [0.29, 0.717) is 17.1 Å². The number of nitrogens with zero attached hydrogens (tertiary/aromatic N) is 1. The molecule has 1 saturated heterocycles. The van der Waals surface area contributed by atoms with Crippen molar-refractivity contribution < 1.29 is 9.63 Å². The molecule has 7 atom stereocenters. The Morgan fingerprint density at radius 3 is 2.75 bits per heavy atom. The predicted octanol–water partition coefficient (Wildman–Crippen LogP) is 4.72. The third-order valence-corrected chi connectivity index (χ3v) is 9.80. The smallest absolute Gasteiger partial charge is 0.141 e. The zero-order chi connectivity index (χ0) is 19.4. The van der Waals surface area contributed by atoms with Crippen LogP contribution >= 0.6 is 0 Å². The van der Waals surface area contributed by atoms with Crippen LogP contribution in [0.3, 0.4) is 0 Å². The van der Waals surface area contributed by atoms with Gasteiger partial charge in [0, 0.05) is 24.8 Å². The zero-order valence-corrected chi connectivity index (χ0v) is 17.8. The molecular formula is C24H38N2O2. The summed E-state index contributed by atoms with van der Waals surface area (Å²) in [5.74, 6) is 3.56. The molecule has 1 aliphatic heterocycles. The average Bonchev–Trinajstić information content (AvgIpc) is 3.27. The van der Waals surface area contributed by atoms with Crippen molar-refractivity contribution in [3.8, 4) is 0 Å². The molecule has 1 unspecified atom stereocenters. The van der Waals surface area contributed by atoms with Crippen LogP contribution in [0.5, 0.6) is 0 Å². The van der Waals surface area contributed by atoms with Gasteiger partial charge >= 0.3 is 0 Å². The number of carbonyl (C=O) groups is 1. The largest absolute Gasteiger partial charge is 0.391 e. The number of Topliss-reactive ketones (excluding diaryl/α,β-unsaturated/α-hetero) is 1. The fourth-order valence-corrected chi connectivity index (χ4v) is 7.99. The summed E-state index contributed by atoms with van der Waals surface area (Å²) >= 11 is 0. The van der Waals surface area contributed by atoms with Crippen LogP contribution in [-0.2, 0) is 9.63 Å². The maximum atomic E-state index is 12.6. The Morgan fingerprint density at radius 2 is 1.93 bits per heavy atom. The van der Waals surface area contributed by atoms with E-state index in [9.17, 15) is 4.79 Å².